The van der Waals surface area contributed by atoms with Crippen LogP contribution in [-0.2, 0) is 9.53 Å². The van der Waals surface area contributed by atoms with Gasteiger partial charge in [0.2, 0.25) is 5.91 Å². The molecule has 0 unspecified atom stereocenters. The van der Waals surface area contributed by atoms with Gasteiger partial charge in [-0.15, -0.1) is 0 Å². The molecule has 1 heterocycles. The van der Waals surface area contributed by atoms with Gasteiger partial charge in [0.05, 0.1) is 16.9 Å². The predicted molar refractivity (Wildman–Crippen MR) is 86.0 cm³/mol. The van der Waals surface area contributed by atoms with Gasteiger partial charge in [-0.25, -0.2) is 4.79 Å². The number of amides is 1. The van der Waals surface area contributed by atoms with Crippen molar-refractivity contribution >= 4 is 34.9 Å². The number of carbonyl (C=O) groups is 2. The second-order valence-corrected chi connectivity index (χ2v) is 5.56. The molecule has 2 aromatic carbocycles. The Kier molecular flexibility index (Phi) is 4.18. The minimum atomic E-state index is -0.651. The van der Waals surface area contributed by atoms with Crippen molar-refractivity contribution < 1.29 is 19.2 Å². The van der Waals surface area contributed by atoms with Gasteiger partial charge in [-0.3, -0.25) is 14.9 Å². The number of esters is 1. The Morgan fingerprint density at radius 2 is 2.04 bits per heavy atom. The molecule has 122 valence electrons. The zero-order chi connectivity index (χ0) is 17.3. The molecule has 8 heteroatoms. The van der Waals surface area contributed by atoms with Crippen LogP contribution in [0.1, 0.15) is 28.4 Å². The molecule has 0 saturated heterocycles. The Hall–Kier alpha value is -2.93. The van der Waals surface area contributed by atoms with E-state index in [0.717, 1.165) is 0 Å². The highest BCUT2D eigenvalue weighted by molar-refractivity contribution is 6.33. The maximum absolute atomic E-state index is 12.1. The van der Waals surface area contributed by atoms with Crippen LogP contribution in [0.2, 0.25) is 5.02 Å². The van der Waals surface area contributed by atoms with Crippen molar-refractivity contribution in [2.75, 3.05) is 5.32 Å². The summed E-state index contributed by atoms with van der Waals surface area (Å²) >= 11 is 5.80. The topological polar surface area (TPSA) is 98.5 Å². The molecule has 0 aliphatic carbocycles. The molecule has 0 fully saturated rings. The maximum Gasteiger partial charge on any atom is 0.339 e. The van der Waals surface area contributed by atoms with Crippen LogP contribution in [0.3, 0.4) is 0 Å². The second-order valence-electron chi connectivity index (χ2n) is 5.16. The van der Waals surface area contributed by atoms with Crippen molar-refractivity contribution in [3.8, 4) is 0 Å². The van der Waals surface area contributed by atoms with E-state index in [1.54, 1.807) is 24.3 Å². The van der Waals surface area contributed by atoms with Crippen LogP contribution in [0.15, 0.2) is 42.5 Å². The molecule has 1 amide bonds. The molecule has 0 aromatic heterocycles. The van der Waals surface area contributed by atoms with Crippen LogP contribution in [0.25, 0.3) is 0 Å². The van der Waals surface area contributed by atoms with Gasteiger partial charge in [0.25, 0.3) is 5.69 Å². The summed E-state index contributed by atoms with van der Waals surface area (Å²) in [6.45, 7) is 0. The Morgan fingerprint density at radius 1 is 1.29 bits per heavy atom. The Bertz CT molecular complexity index is 852. The van der Waals surface area contributed by atoms with E-state index in [4.69, 9.17) is 16.3 Å². The maximum atomic E-state index is 12.1. The third-order valence-electron chi connectivity index (χ3n) is 3.58. The first-order valence-corrected chi connectivity index (χ1v) is 7.37. The van der Waals surface area contributed by atoms with Crippen LogP contribution in [0.4, 0.5) is 11.4 Å². The quantitative estimate of drug-likeness (QED) is 0.519. The van der Waals surface area contributed by atoms with Crippen molar-refractivity contribution in [3.05, 3.63) is 68.7 Å². The molecule has 1 atom stereocenters. The van der Waals surface area contributed by atoms with Crippen LogP contribution in [0.5, 0.6) is 0 Å². The number of halogens is 1. The van der Waals surface area contributed by atoms with E-state index in [2.05, 4.69) is 5.32 Å². The van der Waals surface area contributed by atoms with Crippen LogP contribution >= 0.6 is 11.6 Å². The van der Waals surface area contributed by atoms with Gasteiger partial charge in [0.1, 0.15) is 11.1 Å². The number of cyclic esters (lactones) is 1. The number of fused-ring (bicyclic) bond motifs is 1. The summed E-state index contributed by atoms with van der Waals surface area (Å²) in [6, 6.07) is 10.8. The first-order chi connectivity index (χ1) is 11.5. The molecular weight excluding hydrogens is 336 g/mol. The highest BCUT2D eigenvalue weighted by Crippen LogP contribution is 2.33. The van der Waals surface area contributed by atoms with Crippen LogP contribution < -0.4 is 5.32 Å². The molecule has 24 heavy (non-hydrogen) atoms. The number of nitro groups is 1. The highest BCUT2D eigenvalue weighted by atomic mass is 35.5. The monoisotopic (exact) mass is 346 g/mol. The molecular formula is C16H11ClN2O5. The minimum absolute atomic E-state index is 0.0582. The lowest BCUT2D eigenvalue weighted by atomic mass is 10.0. The number of nitro benzene ring substituents is 1. The third-order valence-corrected chi connectivity index (χ3v) is 3.88. The Labute approximate surface area is 141 Å². The van der Waals surface area contributed by atoms with Gasteiger partial charge >= 0.3 is 5.97 Å². The van der Waals surface area contributed by atoms with Gasteiger partial charge < -0.3 is 10.1 Å². The van der Waals surface area contributed by atoms with Gasteiger partial charge in [-0.05, 0) is 18.2 Å². The highest BCUT2D eigenvalue weighted by Gasteiger charge is 2.32. The van der Waals surface area contributed by atoms with E-state index in [1.807, 2.05) is 0 Å². The van der Waals surface area contributed by atoms with Gasteiger partial charge in [0.15, 0.2) is 0 Å². The summed E-state index contributed by atoms with van der Waals surface area (Å²) in [6.07, 6.45) is -0.709. The van der Waals surface area contributed by atoms with Gasteiger partial charge in [-0.2, -0.15) is 0 Å². The molecule has 2 aromatic rings. The molecule has 1 aliphatic rings. The average molecular weight is 347 g/mol. The summed E-state index contributed by atoms with van der Waals surface area (Å²) in [5.74, 6) is -0.851. The van der Waals surface area contributed by atoms with Crippen molar-refractivity contribution in [2.45, 2.75) is 12.5 Å². The van der Waals surface area contributed by atoms with E-state index < -0.39 is 22.9 Å². The normalized spacial score (nSPS) is 15.5. The van der Waals surface area contributed by atoms with Crippen molar-refractivity contribution in [3.63, 3.8) is 0 Å². The molecule has 0 radical (unpaired) electrons. The number of rotatable bonds is 4. The lowest BCUT2D eigenvalue weighted by molar-refractivity contribution is -0.384. The number of anilines is 1. The second kappa shape index (κ2) is 6.29. The van der Waals surface area contributed by atoms with E-state index in [1.165, 1.54) is 18.2 Å². The SMILES string of the molecule is O=C(C[C@@H]1OC(=O)c2ccccc21)Nc1ccc([N+](=O)[O-])c(Cl)c1. The van der Waals surface area contributed by atoms with Crippen molar-refractivity contribution in [2.24, 2.45) is 0 Å². The number of carbonyl (C=O) groups excluding carboxylic acids is 2. The zero-order valence-corrected chi connectivity index (χ0v) is 12.9. The standard InChI is InChI=1S/C16H11ClN2O5/c17-12-7-9(5-6-13(12)19(22)23)18-15(20)8-14-10-3-1-2-4-11(10)16(21)24-14/h1-7,14H,8H2,(H,18,20)/t14-/m0/s1. The number of ether oxygens (including phenoxy) is 1. The number of nitrogens with zero attached hydrogens (tertiary/aromatic N) is 1. The fraction of sp³-hybridized carbons (Fsp3) is 0.125. The first kappa shape index (κ1) is 15.9. The summed E-state index contributed by atoms with van der Waals surface area (Å²) < 4.78 is 5.20. The first-order valence-electron chi connectivity index (χ1n) is 6.99. The minimum Gasteiger partial charge on any atom is -0.453 e. The average Bonchev–Trinajstić information content (AvgIpc) is 2.83. The van der Waals surface area contributed by atoms with Crippen molar-refractivity contribution in [1.29, 1.82) is 0 Å². The lowest BCUT2D eigenvalue weighted by Crippen LogP contribution is -2.15. The Morgan fingerprint density at radius 3 is 2.75 bits per heavy atom. The largest absolute Gasteiger partial charge is 0.453 e. The molecule has 7 nitrogen and oxygen atoms in total. The van der Waals surface area contributed by atoms with E-state index in [-0.39, 0.29) is 17.1 Å². The fourth-order valence-electron chi connectivity index (χ4n) is 2.48. The predicted octanol–water partition coefficient (Wildman–Crippen LogP) is 3.49. The van der Waals surface area contributed by atoms with Gasteiger partial charge in [-0.1, -0.05) is 29.8 Å². The summed E-state index contributed by atoms with van der Waals surface area (Å²) in [7, 11) is 0. The molecule has 0 bridgehead atoms. The fourth-order valence-corrected chi connectivity index (χ4v) is 2.73. The summed E-state index contributed by atoms with van der Waals surface area (Å²) in [4.78, 5) is 34.0. The number of nitrogens with one attached hydrogen (secondary N) is 1. The number of hydrogen-bond donors (Lipinski definition) is 1. The van der Waals surface area contributed by atoms with Crippen LogP contribution in [0, 0.1) is 10.1 Å². The van der Waals surface area contributed by atoms with Crippen molar-refractivity contribution in [1.82, 2.24) is 0 Å². The molecule has 1 N–H and O–H groups in total. The van der Waals surface area contributed by atoms with E-state index in [9.17, 15) is 19.7 Å². The van der Waals surface area contributed by atoms with E-state index >= 15 is 0 Å². The summed E-state index contributed by atoms with van der Waals surface area (Å²) in [5, 5.41) is 13.2. The smallest absolute Gasteiger partial charge is 0.339 e. The zero-order valence-electron chi connectivity index (χ0n) is 12.2. The molecule has 1 aliphatic heterocycles. The van der Waals surface area contributed by atoms with Gasteiger partial charge in [0, 0.05) is 17.3 Å². The molecule has 0 spiro atoms. The lowest BCUT2D eigenvalue weighted by Gasteiger charge is -2.11. The summed E-state index contributed by atoms with van der Waals surface area (Å²) in [5.41, 5.74) is 1.20. The Balaban J connectivity index is 1.70. The molecule has 0 saturated carbocycles. The molecule has 3 rings (SSSR count). The number of benzene rings is 2. The van der Waals surface area contributed by atoms with E-state index in [0.29, 0.717) is 16.8 Å². The number of hydrogen-bond acceptors (Lipinski definition) is 5. The third kappa shape index (κ3) is 3.07. The van der Waals surface area contributed by atoms with Crippen LogP contribution in [-0.4, -0.2) is 16.8 Å².